The molecule has 28 heavy (non-hydrogen) atoms. The molecule has 0 heterocycles. The van der Waals surface area contributed by atoms with Gasteiger partial charge < -0.3 is 10.1 Å². The molecule has 0 atom stereocenters. The van der Waals surface area contributed by atoms with Gasteiger partial charge in [0.05, 0.1) is 30.3 Å². The van der Waals surface area contributed by atoms with E-state index in [-0.39, 0.29) is 30.6 Å². The van der Waals surface area contributed by atoms with Crippen molar-refractivity contribution in [2.24, 2.45) is 0 Å². The number of nitrogens with one attached hydrogen (secondary N) is 1. The summed E-state index contributed by atoms with van der Waals surface area (Å²) in [6.45, 7) is -0.0637. The maximum absolute atomic E-state index is 14.0. The van der Waals surface area contributed by atoms with E-state index in [1.165, 1.54) is 37.4 Å². The van der Waals surface area contributed by atoms with Gasteiger partial charge in [0.15, 0.2) is 0 Å². The summed E-state index contributed by atoms with van der Waals surface area (Å²) in [4.78, 5) is 23.9. The van der Waals surface area contributed by atoms with Gasteiger partial charge in [-0.2, -0.15) is 0 Å². The number of hydrogen-bond acceptors (Lipinski definition) is 5. The molecule has 150 valence electrons. The van der Waals surface area contributed by atoms with Gasteiger partial charge in [-0.25, -0.2) is 17.6 Å². The third-order valence-corrected chi connectivity index (χ3v) is 5.07. The standard InChI is InChI=1S/C19H21FN2O5S/c1-27-19(24)14-8-3-5-10-16(14)21-18(23)12-7-13-22(28(2,25)26)17-11-6-4-9-15(17)20/h3-6,8-11H,7,12-13H2,1-2H3,(H,21,23). The molecule has 0 unspecified atom stereocenters. The first kappa shape index (κ1) is 21.4. The van der Waals surface area contributed by atoms with Gasteiger partial charge in [0.2, 0.25) is 15.9 Å². The second-order valence-electron chi connectivity index (χ2n) is 5.98. The van der Waals surface area contributed by atoms with Crippen LogP contribution in [0.1, 0.15) is 23.2 Å². The molecule has 1 amide bonds. The molecule has 0 aromatic heterocycles. The van der Waals surface area contributed by atoms with E-state index in [2.05, 4.69) is 10.1 Å². The largest absolute Gasteiger partial charge is 0.465 e. The first-order chi connectivity index (χ1) is 13.2. The molecule has 2 aromatic rings. The molecular formula is C19H21FN2O5S. The van der Waals surface area contributed by atoms with E-state index in [0.717, 1.165) is 10.6 Å². The second-order valence-corrected chi connectivity index (χ2v) is 7.88. The summed E-state index contributed by atoms with van der Waals surface area (Å²) in [7, 11) is -2.48. The number of rotatable bonds is 8. The minimum atomic E-state index is -3.72. The van der Waals surface area contributed by atoms with Crippen LogP contribution in [0.2, 0.25) is 0 Å². The van der Waals surface area contributed by atoms with Gasteiger partial charge in [-0.3, -0.25) is 9.10 Å². The number of nitrogens with zero attached hydrogens (tertiary/aromatic N) is 1. The number of esters is 1. The zero-order valence-corrected chi connectivity index (χ0v) is 16.3. The Morgan fingerprint density at radius 1 is 1.11 bits per heavy atom. The highest BCUT2D eigenvalue weighted by Crippen LogP contribution is 2.22. The highest BCUT2D eigenvalue weighted by molar-refractivity contribution is 7.92. The van der Waals surface area contributed by atoms with Gasteiger partial charge in [-0.05, 0) is 30.7 Å². The quantitative estimate of drug-likeness (QED) is 0.678. The molecule has 0 saturated heterocycles. The monoisotopic (exact) mass is 408 g/mol. The summed E-state index contributed by atoms with van der Waals surface area (Å²) in [6, 6.07) is 11.9. The Morgan fingerprint density at radius 2 is 1.75 bits per heavy atom. The molecule has 1 N–H and O–H groups in total. The van der Waals surface area contributed by atoms with Crippen molar-refractivity contribution in [2.45, 2.75) is 12.8 Å². The molecule has 0 bridgehead atoms. The van der Waals surface area contributed by atoms with Crippen LogP contribution in [0, 0.1) is 5.82 Å². The Kier molecular flexibility index (Phi) is 7.11. The van der Waals surface area contributed by atoms with Crippen LogP contribution >= 0.6 is 0 Å². The van der Waals surface area contributed by atoms with Crippen LogP contribution in [-0.4, -0.2) is 40.2 Å². The fraction of sp³-hybridized carbons (Fsp3) is 0.263. The fourth-order valence-electron chi connectivity index (χ4n) is 2.59. The van der Waals surface area contributed by atoms with Crippen LogP contribution in [0.15, 0.2) is 48.5 Å². The summed E-state index contributed by atoms with van der Waals surface area (Å²) in [6.07, 6.45) is 1.12. The molecule has 9 heteroatoms. The number of carbonyl (C=O) groups excluding carboxylic acids is 2. The van der Waals surface area contributed by atoms with E-state index < -0.39 is 27.7 Å². The number of anilines is 2. The van der Waals surface area contributed by atoms with Gasteiger partial charge in [-0.1, -0.05) is 24.3 Å². The Bertz CT molecular complexity index is 962. The predicted molar refractivity (Wildman–Crippen MR) is 104 cm³/mol. The van der Waals surface area contributed by atoms with Crippen LogP contribution in [0.3, 0.4) is 0 Å². The van der Waals surface area contributed by atoms with Crippen LogP contribution in [0.4, 0.5) is 15.8 Å². The lowest BCUT2D eigenvalue weighted by Gasteiger charge is -2.22. The van der Waals surface area contributed by atoms with Gasteiger partial charge in [-0.15, -0.1) is 0 Å². The average Bonchev–Trinajstić information content (AvgIpc) is 2.65. The molecule has 0 spiro atoms. The second kappa shape index (κ2) is 9.32. The lowest BCUT2D eigenvalue weighted by molar-refractivity contribution is -0.116. The third-order valence-electron chi connectivity index (χ3n) is 3.89. The highest BCUT2D eigenvalue weighted by atomic mass is 32.2. The molecule has 0 aliphatic heterocycles. The van der Waals surface area contributed by atoms with Crippen molar-refractivity contribution in [1.29, 1.82) is 0 Å². The third kappa shape index (κ3) is 5.53. The molecule has 7 nitrogen and oxygen atoms in total. The van der Waals surface area contributed by atoms with Crippen LogP contribution in [0.25, 0.3) is 0 Å². The number of carbonyl (C=O) groups is 2. The van der Waals surface area contributed by atoms with E-state index >= 15 is 0 Å². The highest BCUT2D eigenvalue weighted by Gasteiger charge is 2.21. The molecule has 0 fully saturated rings. The minimum Gasteiger partial charge on any atom is -0.465 e. The first-order valence-corrected chi connectivity index (χ1v) is 10.3. The van der Waals surface area contributed by atoms with E-state index in [1.54, 1.807) is 18.2 Å². The van der Waals surface area contributed by atoms with E-state index in [9.17, 15) is 22.4 Å². The maximum atomic E-state index is 14.0. The maximum Gasteiger partial charge on any atom is 0.339 e. The molecule has 0 aliphatic rings. The Morgan fingerprint density at radius 3 is 2.39 bits per heavy atom. The molecule has 0 radical (unpaired) electrons. The average molecular weight is 408 g/mol. The topological polar surface area (TPSA) is 92.8 Å². The smallest absolute Gasteiger partial charge is 0.339 e. The zero-order chi connectivity index (χ0) is 20.7. The lowest BCUT2D eigenvalue weighted by atomic mass is 10.1. The van der Waals surface area contributed by atoms with Crippen LogP contribution in [0.5, 0.6) is 0 Å². The van der Waals surface area contributed by atoms with Crippen molar-refractivity contribution in [3.63, 3.8) is 0 Å². The number of hydrogen-bond donors (Lipinski definition) is 1. The number of ether oxygens (including phenoxy) is 1. The van der Waals surface area contributed by atoms with Crippen molar-refractivity contribution in [2.75, 3.05) is 29.5 Å². The summed E-state index contributed by atoms with van der Waals surface area (Å²) < 4.78 is 43.6. The van der Waals surface area contributed by atoms with Crippen molar-refractivity contribution in [1.82, 2.24) is 0 Å². The van der Waals surface area contributed by atoms with Crippen LogP contribution < -0.4 is 9.62 Å². The van der Waals surface area contributed by atoms with Gasteiger partial charge >= 0.3 is 5.97 Å². The van der Waals surface area contributed by atoms with Crippen molar-refractivity contribution in [3.05, 3.63) is 59.9 Å². The lowest BCUT2D eigenvalue weighted by Crippen LogP contribution is -2.32. The molecule has 0 saturated carbocycles. The molecule has 2 aromatic carbocycles. The number of methoxy groups -OCH3 is 1. The number of benzene rings is 2. The Hall–Kier alpha value is -2.94. The Labute approximate surface area is 163 Å². The van der Waals surface area contributed by atoms with Crippen molar-refractivity contribution >= 4 is 33.3 Å². The zero-order valence-electron chi connectivity index (χ0n) is 15.5. The van der Waals surface area contributed by atoms with Crippen molar-refractivity contribution < 1.29 is 27.1 Å². The fourth-order valence-corrected chi connectivity index (χ4v) is 3.56. The molecular weight excluding hydrogens is 387 g/mol. The Balaban J connectivity index is 2.03. The van der Waals surface area contributed by atoms with E-state index in [1.807, 2.05) is 0 Å². The minimum absolute atomic E-state index is 0.0179. The summed E-state index contributed by atoms with van der Waals surface area (Å²) in [5, 5.41) is 2.61. The van der Waals surface area contributed by atoms with Crippen molar-refractivity contribution in [3.8, 4) is 0 Å². The summed E-state index contributed by atoms with van der Waals surface area (Å²) in [5.74, 6) is -1.65. The number of sulfonamides is 1. The number of para-hydroxylation sites is 2. The summed E-state index contributed by atoms with van der Waals surface area (Å²) >= 11 is 0. The molecule has 2 rings (SSSR count). The normalized spacial score (nSPS) is 11.0. The molecule has 0 aliphatic carbocycles. The summed E-state index contributed by atoms with van der Waals surface area (Å²) in [5.41, 5.74) is 0.442. The van der Waals surface area contributed by atoms with Gasteiger partial charge in [0.25, 0.3) is 0 Å². The SMILES string of the molecule is COC(=O)c1ccccc1NC(=O)CCCN(c1ccccc1F)S(C)(=O)=O. The van der Waals surface area contributed by atoms with Gasteiger partial charge in [0.1, 0.15) is 5.82 Å². The van der Waals surface area contributed by atoms with E-state index in [0.29, 0.717) is 5.69 Å². The van der Waals surface area contributed by atoms with E-state index in [4.69, 9.17) is 0 Å². The van der Waals surface area contributed by atoms with Crippen LogP contribution in [-0.2, 0) is 19.6 Å². The first-order valence-electron chi connectivity index (χ1n) is 8.43. The van der Waals surface area contributed by atoms with Gasteiger partial charge in [0, 0.05) is 13.0 Å². The number of halogens is 1. The number of amides is 1. The predicted octanol–water partition coefficient (Wildman–Crippen LogP) is 2.80.